The lowest BCUT2D eigenvalue weighted by molar-refractivity contribution is 0.916. The van der Waals surface area contributed by atoms with Gasteiger partial charge in [-0.15, -0.1) is 0 Å². The van der Waals surface area contributed by atoms with Crippen LogP contribution >= 0.6 is 0 Å². The average molecular weight is 204 g/mol. The van der Waals surface area contributed by atoms with E-state index in [1.165, 1.54) is 28.7 Å². The van der Waals surface area contributed by atoms with Crippen molar-refractivity contribution in [1.82, 2.24) is 0 Å². The van der Waals surface area contributed by atoms with E-state index in [9.17, 15) is 0 Å². The molecule has 15 heavy (non-hydrogen) atoms. The topological polar surface area (TPSA) is 0 Å². The Labute approximate surface area is 95.0 Å². The van der Waals surface area contributed by atoms with E-state index in [2.05, 4.69) is 45.5 Å². The van der Waals surface area contributed by atoms with Gasteiger partial charge in [0.05, 0.1) is 0 Å². The van der Waals surface area contributed by atoms with Crippen molar-refractivity contribution < 1.29 is 0 Å². The van der Waals surface area contributed by atoms with Gasteiger partial charge in [0.1, 0.15) is 0 Å². The van der Waals surface area contributed by atoms with Crippen molar-refractivity contribution in [3.8, 4) is 0 Å². The van der Waals surface area contributed by atoms with Gasteiger partial charge in [0, 0.05) is 0 Å². The molecule has 1 aromatic carbocycles. The summed E-state index contributed by atoms with van der Waals surface area (Å²) in [5, 5.41) is 0. The fraction of sp³-hybridized carbons (Fsp3) is 0.467. The van der Waals surface area contributed by atoms with Crippen molar-refractivity contribution >= 4 is 5.57 Å². The molecule has 0 radical (unpaired) electrons. The fourth-order valence-electron chi connectivity index (χ4n) is 1.82. The minimum Gasteiger partial charge on any atom is -0.0955 e. The molecule has 0 heteroatoms. The zero-order valence-corrected chi connectivity index (χ0v) is 10.9. The smallest absolute Gasteiger partial charge is 0.0172 e. The molecule has 0 atom stereocenters. The molecule has 1 rings (SSSR count). The molecule has 0 nitrogen and oxygen atoms in total. The Bertz CT molecular complexity index is 308. The first kappa shape index (κ1) is 14.0. The third kappa shape index (κ3) is 3.91. The largest absolute Gasteiger partial charge is 0.0955 e. The van der Waals surface area contributed by atoms with E-state index in [0.29, 0.717) is 0 Å². The molecule has 0 aliphatic carbocycles. The lowest BCUT2D eigenvalue weighted by atomic mass is 9.94. The van der Waals surface area contributed by atoms with Gasteiger partial charge >= 0.3 is 0 Å². The molecule has 0 saturated heterocycles. The lowest BCUT2D eigenvalue weighted by Gasteiger charge is -2.11. The van der Waals surface area contributed by atoms with E-state index in [1.54, 1.807) is 0 Å². The quantitative estimate of drug-likeness (QED) is 0.649. The second-order valence-corrected chi connectivity index (χ2v) is 3.64. The third-order valence-electron chi connectivity index (χ3n) is 2.31. The van der Waals surface area contributed by atoms with Gasteiger partial charge in [0.25, 0.3) is 0 Å². The lowest BCUT2D eigenvalue weighted by Crippen LogP contribution is -1.94. The number of rotatable bonds is 3. The SMILES string of the molecule is C=C(C)c1c(C)cccc1CCC.CC. The van der Waals surface area contributed by atoms with Gasteiger partial charge in [0.15, 0.2) is 0 Å². The van der Waals surface area contributed by atoms with E-state index in [4.69, 9.17) is 0 Å². The van der Waals surface area contributed by atoms with E-state index >= 15 is 0 Å². The Kier molecular flexibility index (Phi) is 6.77. The highest BCUT2D eigenvalue weighted by molar-refractivity contribution is 5.67. The van der Waals surface area contributed by atoms with Crippen molar-refractivity contribution in [2.24, 2.45) is 0 Å². The average Bonchev–Trinajstić information content (AvgIpc) is 2.21. The maximum absolute atomic E-state index is 4.03. The van der Waals surface area contributed by atoms with Crippen LogP contribution in [0.2, 0.25) is 0 Å². The van der Waals surface area contributed by atoms with Crippen molar-refractivity contribution in [3.05, 3.63) is 41.5 Å². The number of hydrogen-bond donors (Lipinski definition) is 0. The Morgan fingerprint density at radius 3 is 2.33 bits per heavy atom. The van der Waals surface area contributed by atoms with Crippen LogP contribution in [0.3, 0.4) is 0 Å². The predicted octanol–water partition coefficient (Wildman–Crippen LogP) is 5.01. The van der Waals surface area contributed by atoms with Crippen molar-refractivity contribution in [2.45, 2.75) is 47.5 Å². The van der Waals surface area contributed by atoms with Gasteiger partial charge < -0.3 is 0 Å². The molecule has 0 unspecified atom stereocenters. The Hall–Kier alpha value is -1.04. The highest BCUT2D eigenvalue weighted by Gasteiger charge is 2.04. The maximum atomic E-state index is 4.03. The highest BCUT2D eigenvalue weighted by Crippen LogP contribution is 2.22. The first-order valence-corrected chi connectivity index (χ1v) is 5.91. The van der Waals surface area contributed by atoms with Gasteiger partial charge in [-0.05, 0) is 37.0 Å². The van der Waals surface area contributed by atoms with Gasteiger partial charge in [0.2, 0.25) is 0 Å². The number of aryl methyl sites for hydroxylation is 2. The molecule has 0 bridgehead atoms. The van der Waals surface area contributed by atoms with Gasteiger partial charge in [-0.2, -0.15) is 0 Å². The predicted molar refractivity (Wildman–Crippen MR) is 71.2 cm³/mol. The summed E-state index contributed by atoms with van der Waals surface area (Å²) in [6.07, 6.45) is 2.35. The summed E-state index contributed by atoms with van der Waals surface area (Å²) in [6, 6.07) is 6.50. The van der Waals surface area contributed by atoms with Crippen LogP contribution < -0.4 is 0 Å². The molecule has 0 aromatic heterocycles. The molecule has 0 fully saturated rings. The van der Waals surface area contributed by atoms with Crippen molar-refractivity contribution in [3.63, 3.8) is 0 Å². The van der Waals surface area contributed by atoms with E-state index < -0.39 is 0 Å². The summed E-state index contributed by atoms with van der Waals surface area (Å²) in [5.41, 5.74) is 5.33. The van der Waals surface area contributed by atoms with Gasteiger partial charge in [-0.3, -0.25) is 0 Å². The van der Waals surface area contributed by atoms with Crippen molar-refractivity contribution in [2.75, 3.05) is 0 Å². The summed E-state index contributed by atoms with van der Waals surface area (Å²) in [4.78, 5) is 0. The fourth-order valence-corrected chi connectivity index (χ4v) is 1.82. The van der Waals surface area contributed by atoms with Crippen LogP contribution in [0.25, 0.3) is 5.57 Å². The molecular formula is C15H24. The summed E-state index contributed by atoms with van der Waals surface area (Å²) >= 11 is 0. The number of allylic oxidation sites excluding steroid dienone is 1. The summed E-state index contributed by atoms with van der Waals surface area (Å²) in [7, 11) is 0. The van der Waals surface area contributed by atoms with E-state index in [0.717, 1.165) is 6.42 Å². The summed E-state index contributed by atoms with van der Waals surface area (Å²) < 4.78 is 0. The van der Waals surface area contributed by atoms with Crippen molar-refractivity contribution in [1.29, 1.82) is 0 Å². The normalized spacial score (nSPS) is 9.13. The zero-order chi connectivity index (χ0) is 11.8. The van der Waals surface area contributed by atoms with Crippen LogP contribution in [0.15, 0.2) is 24.8 Å². The van der Waals surface area contributed by atoms with Crippen LogP contribution in [-0.4, -0.2) is 0 Å². The van der Waals surface area contributed by atoms with Crippen LogP contribution in [0.4, 0.5) is 0 Å². The number of benzene rings is 1. The summed E-state index contributed by atoms with van der Waals surface area (Å²) in [5.74, 6) is 0. The molecule has 0 aliphatic heterocycles. The Morgan fingerprint density at radius 1 is 1.27 bits per heavy atom. The molecule has 0 amide bonds. The molecule has 1 aromatic rings. The second kappa shape index (κ2) is 7.28. The van der Waals surface area contributed by atoms with E-state index in [-0.39, 0.29) is 0 Å². The minimum atomic E-state index is 1.16. The molecule has 0 N–H and O–H groups in total. The monoisotopic (exact) mass is 204 g/mol. The third-order valence-corrected chi connectivity index (χ3v) is 2.31. The van der Waals surface area contributed by atoms with Crippen LogP contribution in [0.5, 0.6) is 0 Å². The van der Waals surface area contributed by atoms with E-state index in [1.807, 2.05) is 13.8 Å². The first-order chi connectivity index (χ1) is 7.16. The summed E-state index contributed by atoms with van der Waals surface area (Å²) in [6.45, 7) is 14.5. The second-order valence-electron chi connectivity index (χ2n) is 3.64. The molecule has 0 spiro atoms. The molecule has 0 heterocycles. The highest BCUT2D eigenvalue weighted by atomic mass is 14.1. The Morgan fingerprint density at radius 2 is 1.87 bits per heavy atom. The maximum Gasteiger partial charge on any atom is -0.0172 e. The van der Waals surface area contributed by atoms with Crippen LogP contribution in [0, 0.1) is 6.92 Å². The molecule has 0 aliphatic rings. The first-order valence-electron chi connectivity index (χ1n) is 5.91. The molecular weight excluding hydrogens is 180 g/mol. The standard InChI is InChI=1S/C13H18.C2H6/c1-5-7-12-9-6-8-11(4)13(12)10(2)3;1-2/h6,8-9H,2,5,7H2,1,3-4H3;1-2H3. The minimum absolute atomic E-state index is 1.16. The van der Waals surface area contributed by atoms with Crippen LogP contribution in [0.1, 0.15) is 50.8 Å². The van der Waals surface area contributed by atoms with Gasteiger partial charge in [-0.1, -0.05) is 57.5 Å². The zero-order valence-electron chi connectivity index (χ0n) is 10.9. The van der Waals surface area contributed by atoms with Crippen LogP contribution in [-0.2, 0) is 6.42 Å². The molecule has 84 valence electrons. The van der Waals surface area contributed by atoms with Gasteiger partial charge in [-0.25, -0.2) is 0 Å². The molecule has 0 saturated carbocycles. The number of hydrogen-bond acceptors (Lipinski definition) is 0. The Balaban J connectivity index is 0.000000921.